The van der Waals surface area contributed by atoms with Crippen LogP contribution >= 0.6 is 0 Å². The predicted octanol–water partition coefficient (Wildman–Crippen LogP) is 2.73. The summed E-state index contributed by atoms with van der Waals surface area (Å²) >= 11 is 0. The van der Waals surface area contributed by atoms with E-state index < -0.39 is 0 Å². The lowest BCUT2D eigenvalue weighted by Gasteiger charge is -2.26. The molecule has 2 aromatic heterocycles. The van der Waals surface area contributed by atoms with Gasteiger partial charge < -0.3 is 13.8 Å². The first-order valence-corrected chi connectivity index (χ1v) is 6.89. The Kier molecular flexibility index (Phi) is 3.54. The molecule has 0 aliphatic carbocycles. The summed E-state index contributed by atoms with van der Waals surface area (Å²) < 4.78 is 10.3. The molecule has 0 bridgehead atoms. The first-order chi connectivity index (χ1) is 9.75. The molecule has 3 heterocycles. The summed E-state index contributed by atoms with van der Waals surface area (Å²) in [5.41, 5.74) is 0.563. The van der Waals surface area contributed by atoms with Crippen LogP contribution in [0.15, 0.2) is 27.5 Å². The van der Waals surface area contributed by atoms with E-state index >= 15 is 0 Å². The molecule has 1 unspecified atom stereocenters. The number of aryl methyl sites for hydroxylation is 1. The van der Waals surface area contributed by atoms with Crippen LogP contribution in [-0.2, 0) is 0 Å². The number of furan rings is 1. The summed E-state index contributed by atoms with van der Waals surface area (Å²) in [6.07, 6.45) is 7.00. The Hall–Kier alpha value is -2.11. The fourth-order valence-corrected chi connectivity index (χ4v) is 2.61. The maximum absolute atomic E-state index is 12.6. The van der Waals surface area contributed by atoms with Crippen LogP contribution in [0.2, 0.25) is 0 Å². The van der Waals surface area contributed by atoms with Crippen molar-refractivity contribution in [3.8, 4) is 0 Å². The van der Waals surface area contributed by atoms with Crippen molar-refractivity contribution in [2.45, 2.75) is 38.6 Å². The minimum atomic E-state index is -0.138. The Labute approximate surface area is 116 Å². The number of hydrogen-bond donors (Lipinski definition) is 0. The van der Waals surface area contributed by atoms with Gasteiger partial charge in [0, 0.05) is 6.54 Å². The van der Waals surface area contributed by atoms with Crippen LogP contribution in [0.1, 0.15) is 53.8 Å². The van der Waals surface area contributed by atoms with E-state index in [1.165, 1.54) is 12.5 Å². The molecule has 1 saturated heterocycles. The fourth-order valence-electron chi connectivity index (χ4n) is 2.61. The highest BCUT2D eigenvalue weighted by atomic mass is 16.5. The van der Waals surface area contributed by atoms with E-state index in [-0.39, 0.29) is 11.9 Å². The lowest BCUT2D eigenvalue weighted by atomic mass is 10.1. The number of likely N-dealkylation sites (tertiary alicyclic amines) is 1. The molecule has 0 N–H and O–H groups in total. The van der Waals surface area contributed by atoms with Crippen LogP contribution in [0.5, 0.6) is 0 Å². The summed E-state index contributed by atoms with van der Waals surface area (Å²) in [6.45, 7) is 2.49. The van der Waals surface area contributed by atoms with Gasteiger partial charge in [0.25, 0.3) is 5.91 Å². The molecule has 1 aliphatic rings. The van der Waals surface area contributed by atoms with Crippen LogP contribution in [-0.4, -0.2) is 27.5 Å². The molecule has 1 atom stereocenters. The van der Waals surface area contributed by atoms with Crippen molar-refractivity contribution < 1.29 is 13.7 Å². The van der Waals surface area contributed by atoms with Gasteiger partial charge in [-0.2, -0.15) is 4.98 Å². The van der Waals surface area contributed by atoms with E-state index in [0.29, 0.717) is 23.8 Å². The lowest BCUT2D eigenvalue weighted by molar-refractivity contribution is 0.0644. The molecule has 1 amide bonds. The van der Waals surface area contributed by atoms with Crippen LogP contribution in [0.3, 0.4) is 0 Å². The molecule has 0 spiro atoms. The Morgan fingerprint density at radius 3 is 3.00 bits per heavy atom. The molecule has 0 saturated carbocycles. The zero-order valence-corrected chi connectivity index (χ0v) is 11.4. The van der Waals surface area contributed by atoms with Gasteiger partial charge in [-0.15, -0.1) is 0 Å². The van der Waals surface area contributed by atoms with Crippen molar-refractivity contribution in [1.29, 1.82) is 0 Å². The number of hydrogen-bond acceptors (Lipinski definition) is 5. The summed E-state index contributed by atoms with van der Waals surface area (Å²) in [4.78, 5) is 18.7. The fraction of sp³-hybridized carbons (Fsp3) is 0.500. The van der Waals surface area contributed by atoms with Gasteiger partial charge in [-0.05, 0) is 25.8 Å². The first-order valence-electron chi connectivity index (χ1n) is 6.89. The van der Waals surface area contributed by atoms with Crippen LogP contribution < -0.4 is 0 Å². The van der Waals surface area contributed by atoms with Crippen LogP contribution in [0, 0.1) is 6.92 Å². The largest absolute Gasteiger partial charge is 0.472 e. The van der Waals surface area contributed by atoms with Crippen molar-refractivity contribution >= 4 is 5.91 Å². The summed E-state index contributed by atoms with van der Waals surface area (Å²) in [5.74, 6) is 1.09. The van der Waals surface area contributed by atoms with Gasteiger partial charge in [0.05, 0.1) is 11.8 Å². The number of carbonyl (C=O) groups is 1. The quantitative estimate of drug-likeness (QED) is 0.842. The van der Waals surface area contributed by atoms with E-state index in [2.05, 4.69) is 10.1 Å². The highest BCUT2D eigenvalue weighted by Crippen LogP contribution is 2.30. The molecular formula is C14H17N3O3. The maximum Gasteiger partial charge on any atom is 0.257 e. The summed E-state index contributed by atoms with van der Waals surface area (Å²) in [7, 11) is 0. The zero-order valence-electron chi connectivity index (χ0n) is 11.4. The third-order valence-corrected chi connectivity index (χ3v) is 3.61. The molecule has 6 nitrogen and oxygen atoms in total. The standard InChI is InChI=1S/C14H17N3O3/c1-10-15-13(20-16-10)12-5-3-2-4-7-17(12)14(18)11-6-8-19-9-11/h6,8-9,12H,2-5,7H2,1H3. The van der Waals surface area contributed by atoms with Crippen molar-refractivity contribution in [2.75, 3.05) is 6.54 Å². The third-order valence-electron chi connectivity index (χ3n) is 3.61. The monoisotopic (exact) mass is 275 g/mol. The van der Waals surface area contributed by atoms with Crippen molar-refractivity contribution in [3.63, 3.8) is 0 Å². The van der Waals surface area contributed by atoms with Gasteiger partial charge in [-0.25, -0.2) is 0 Å². The number of aromatic nitrogens is 2. The zero-order chi connectivity index (χ0) is 13.9. The molecule has 6 heteroatoms. The van der Waals surface area contributed by atoms with Crippen LogP contribution in [0.4, 0.5) is 0 Å². The average molecular weight is 275 g/mol. The first kappa shape index (κ1) is 12.9. The normalized spacial score (nSPS) is 19.9. The van der Waals surface area contributed by atoms with Gasteiger partial charge in [0.2, 0.25) is 5.89 Å². The van der Waals surface area contributed by atoms with Gasteiger partial charge in [-0.3, -0.25) is 4.79 Å². The van der Waals surface area contributed by atoms with E-state index in [1.807, 2.05) is 4.90 Å². The highest BCUT2D eigenvalue weighted by molar-refractivity contribution is 5.94. The molecule has 1 fully saturated rings. The highest BCUT2D eigenvalue weighted by Gasteiger charge is 2.31. The number of nitrogens with zero attached hydrogens (tertiary/aromatic N) is 3. The molecule has 3 rings (SSSR count). The SMILES string of the molecule is Cc1noc(C2CCCCCN2C(=O)c2ccoc2)n1. The van der Waals surface area contributed by atoms with Gasteiger partial charge in [0.1, 0.15) is 12.3 Å². The summed E-state index contributed by atoms with van der Waals surface area (Å²) in [6, 6.07) is 1.55. The smallest absolute Gasteiger partial charge is 0.257 e. The average Bonchev–Trinajstić information content (AvgIpc) is 3.05. The molecule has 20 heavy (non-hydrogen) atoms. The van der Waals surface area contributed by atoms with E-state index in [4.69, 9.17) is 8.94 Å². The van der Waals surface area contributed by atoms with Gasteiger partial charge in [-0.1, -0.05) is 18.0 Å². The molecule has 106 valence electrons. The maximum atomic E-state index is 12.6. The topological polar surface area (TPSA) is 72.4 Å². The van der Waals surface area contributed by atoms with Crippen molar-refractivity contribution in [1.82, 2.24) is 15.0 Å². The molecule has 0 radical (unpaired) electrons. The Bertz CT molecular complexity index is 576. The molecular weight excluding hydrogens is 258 g/mol. The molecule has 2 aromatic rings. The van der Waals surface area contributed by atoms with E-state index in [0.717, 1.165) is 25.7 Å². The third kappa shape index (κ3) is 2.45. The van der Waals surface area contributed by atoms with Crippen molar-refractivity contribution in [3.05, 3.63) is 35.9 Å². The predicted molar refractivity (Wildman–Crippen MR) is 70.0 cm³/mol. The second-order valence-electron chi connectivity index (χ2n) is 5.06. The second-order valence-corrected chi connectivity index (χ2v) is 5.06. The second kappa shape index (κ2) is 5.48. The van der Waals surface area contributed by atoms with Crippen LogP contribution in [0.25, 0.3) is 0 Å². The Morgan fingerprint density at radius 1 is 1.40 bits per heavy atom. The molecule has 1 aliphatic heterocycles. The van der Waals surface area contributed by atoms with E-state index in [1.54, 1.807) is 13.0 Å². The minimum absolute atomic E-state index is 0.0403. The minimum Gasteiger partial charge on any atom is -0.472 e. The Morgan fingerprint density at radius 2 is 2.30 bits per heavy atom. The number of carbonyl (C=O) groups excluding carboxylic acids is 1. The van der Waals surface area contributed by atoms with E-state index in [9.17, 15) is 4.79 Å². The lowest BCUT2D eigenvalue weighted by Crippen LogP contribution is -2.34. The van der Waals surface area contributed by atoms with Gasteiger partial charge >= 0.3 is 0 Å². The van der Waals surface area contributed by atoms with Gasteiger partial charge in [0.15, 0.2) is 5.82 Å². The van der Waals surface area contributed by atoms with Crippen molar-refractivity contribution in [2.24, 2.45) is 0 Å². The Balaban J connectivity index is 1.89. The number of rotatable bonds is 2. The number of amides is 1. The molecule has 0 aromatic carbocycles. The summed E-state index contributed by atoms with van der Waals surface area (Å²) in [5, 5.41) is 3.84.